The van der Waals surface area contributed by atoms with Crippen molar-refractivity contribution in [1.29, 1.82) is 0 Å². The van der Waals surface area contributed by atoms with E-state index in [9.17, 15) is 27.2 Å². The van der Waals surface area contributed by atoms with Gasteiger partial charge in [0.2, 0.25) is 5.91 Å². The van der Waals surface area contributed by atoms with Gasteiger partial charge in [-0.15, -0.1) is 0 Å². The fourth-order valence-electron chi connectivity index (χ4n) is 3.55. The van der Waals surface area contributed by atoms with E-state index in [1.807, 2.05) is 6.92 Å². The Kier molecular flexibility index (Phi) is 10.6. The number of alkyl halides is 4. The maximum Gasteiger partial charge on any atom is 0.282 e. The molecule has 210 valence electrons. The molecule has 6 nitrogen and oxygen atoms in total. The smallest absolute Gasteiger partial charge is 0.282 e. The van der Waals surface area contributed by atoms with Gasteiger partial charge in [-0.05, 0) is 57.1 Å². The fraction of sp³-hybridized carbons (Fsp3) is 0.704. The molecule has 1 N–H and O–H groups in total. The van der Waals surface area contributed by atoms with E-state index in [2.05, 4.69) is 26.1 Å². The molecule has 0 aromatic rings. The first kappa shape index (κ1) is 30.7. The van der Waals surface area contributed by atoms with Crippen molar-refractivity contribution in [3.05, 3.63) is 34.8 Å². The minimum atomic E-state index is -2.87. The number of ether oxygens (including phenoxy) is 1. The van der Waals surface area contributed by atoms with E-state index in [0.717, 1.165) is 29.2 Å². The average Bonchev–Trinajstić information content (AvgIpc) is 3.59. The molecule has 2 heterocycles. The molecule has 2 saturated heterocycles. The second-order valence-electron chi connectivity index (χ2n) is 10.8. The number of rotatable bonds is 10. The van der Waals surface area contributed by atoms with Crippen molar-refractivity contribution in [2.75, 3.05) is 39.3 Å². The number of hydrogen-bond acceptors (Lipinski definition) is 4. The van der Waals surface area contributed by atoms with Crippen LogP contribution < -0.4 is 5.32 Å². The summed E-state index contributed by atoms with van der Waals surface area (Å²) in [6.07, 6.45) is 5.86. The number of nitrogens with zero attached hydrogens (tertiary/aromatic N) is 2. The lowest BCUT2D eigenvalue weighted by Gasteiger charge is -2.41. The highest BCUT2D eigenvalue weighted by Crippen LogP contribution is 2.34. The van der Waals surface area contributed by atoms with Crippen LogP contribution in [-0.4, -0.2) is 72.8 Å². The van der Waals surface area contributed by atoms with E-state index in [1.165, 1.54) is 11.0 Å². The lowest BCUT2D eigenvalue weighted by molar-refractivity contribution is -0.165. The zero-order valence-corrected chi connectivity index (χ0v) is 22.8. The summed E-state index contributed by atoms with van der Waals surface area (Å²) >= 11 is 0. The van der Waals surface area contributed by atoms with Crippen molar-refractivity contribution in [1.82, 2.24) is 15.1 Å². The summed E-state index contributed by atoms with van der Waals surface area (Å²) in [5.74, 6) is -4.91. The minimum absolute atomic E-state index is 0.291. The molecule has 10 heteroatoms. The Morgan fingerprint density at radius 3 is 1.95 bits per heavy atom. The second-order valence-corrected chi connectivity index (χ2v) is 10.8. The quantitative estimate of drug-likeness (QED) is 0.184. The van der Waals surface area contributed by atoms with Crippen LogP contribution in [0.5, 0.6) is 0 Å². The lowest BCUT2D eigenvalue weighted by atomic mass is 10.0. The maximum atomic E-state index is 13.5. The van der Waals surface area contributed by atoms with Gasteiger partial charge < -0.3 is 19.9 Å². The molecule has 0 aromatic heterocycles. The van der Waals surface area contributed by atoms with Crippen molar-refractivity contribution in [2.45, 2.75) is 72.6 Å². The molecule has 2 amide bonds. The van der Waals surface area contributed by atoms with Gasteiger partial charge in [-0.25, -0.2) is 17.6 Å². The molecule has 0 aromatic carbocycles. The number of likely N-dealkylation sites (tertiary alicyclic amines) is 2. The molecule has 2 aliphatic heterocycles. The summed E-state index contributed by atoms with van der Waals surface area (Å²) < 4.78 is 58.7. The zero-order chi connectivity index (χ0) is 28.0. The third-order valence-electron chi connectivity index (χ3n) is 6.02. The Morgan fingerprint density at radius 1 is 0.973 bits per heavy atom. The van der Waals surface area contributed by atoms with Crippen LogP contribution in [0.1, 0.15) is 60.8 Å². The van der Waals surface area contributed by atoms with Gasteiger partial charge in [-0.1, -0.05) is 33.3 Å². The van der Waals surface area contributed by atoms with Crippen molar-refractivity contribution in [2.24, 2.45) is 11.8 Å². The van der Waals surface area contributed by atoms with Crippen molar-refractivity contribution in [3.63, 3.8) is 0 Å². The van der Waals surface area contributed by atoms with Crippen LogP contribution in [0.2, 0.25) is 0 Å². The molecule has 0 atom stereocenters. The number of amides is 2. The van der Waals surface area contributed by atoms with Crippen LogP contribution in [0.3, 0.4) is 0 Å². The molecule has 0 spiro atoms. The molecule has 3 fully saturated rings. The topological polar surface area (TPSA) is 61.9 Å². The Balaban J connectivity index is 0.00000112. The molecule has 3 aliphatic rings. The highest BCUT2D eigenvalue weighted by molar-refractivity contribution is 5.99. The van der Waals surface area contributed by atoms with Gasteiger partial charge in [0.25, 0.3) is 17.8 Å². The molecule has 1 saturated carbocycles. The Morgan fingerprint density at radius 2 is 1.49 bits per heavy atom. The van der Waals surface area contributed by atoms with Crippen LogP contribution in [-0.2, 0) is 14.3 Å². The summed E-state index contributed by atoms with van der Waals surface area (Å²) in [5.41, 5.74) is 1.50. The van der Waals surface area contributed by atoms with Gasteiger partial charge in [0, 0.05) is 5.57 Å². The van der Waals surface area contributed by atoms with Crippen molar-refractivity contribution < 1.29 is 31.9 Å². The molecular formula is C27H41F4N3O3. The van der Waals surface area contributed by atoms with E-state index in [1.54, 1.807) is 19.9 Å². The van der Waals surface area contributed by atoms with Crippen molar-refractivity contribution >= 4 is 11.8 Å². The SMILES string of the molecule is CC(C)C.CCC(C)=C(/C=C\C(=C(/C)OCC1CC1)N1CC(F)(F)C1)C(=O)NCC(=O)N1CC(F)(F)C1. The highest BCUT2D eigenvalue weighted by Gasteiger charge is 2.46. The standard InChI is InChI=1S/C23H31F4N3O3.C4H10/c1-4-15(2)18(21(32)28-9-20(31)30-13-23(26,27)14-30)7-8-19(29-11-22(24,25)12-29)16(3)33-10-17-5-6-17;1-4(2)3/h7-8,17H,4-6,9-14H2,1-3H3,(H,28,32);4H,1-3H3/b8-7-,18-15?,19-16-;. The highest BCUT2D eigenvalue weighted by atomic mass is 19.3. The fourth-order valence-corrected chi connectivity index (χ4v) is 3.55. The van der Waals surface area contributed by atoms with Gasteiger partial charge in [-0.3, -0.25) is 9.59 Å². The van der Waals surface area contributed by atoms with E-state index in [4.69, 9.17) is 4.74 Å². The van der Waals surface area contributed by atoms with Gasteiger partial charge >= 0.3 is 0 Å². The van der Waals surface area contributed by atoms with E-state index < -0.39 is 56.4 Å². The van der Waals surface area contributed by atoms with Gasteiger partial charge in [0.1, 0.15) is 5.76 Å². The predicted molar refractivity (Wildman–Crippen MR) is 135 cm³/mol. The summed E-state index contributed by atoms with van der Waals surface area (Å²) in [6.45, 7) is 9.83. The molecule has 37 heavy (non-hydrogen) atoms. The molecule has 0 radical (unpaired) electrons. The van der Waals surface area contributed by atoms with E-state index >= 15 is 0 Å². The Hall–Kier alpha value is -2.52. The van der Waals surface area contributed by atoms with Gasteiger partial charge in [-0.2, -0.15) is 0 Å². The number of carbonyl (C=O) groups excluding carboxylic acids is 2. The first-order valence-electron chi connectivity index (χ1n) is 12.9. The van der Waals surface area contributed by atoms with Crippen LogP contribution in [0.25, 0.3) is 0 Å². The maximum absolute atomic E-state index is 13.5. The zero-order valence-electron chi connectivity index (χ0n) is 22.8. The predicted octanol–water partition coefficient (Wildman–Crippen LogP) is 5.13. The summed E-state index contributed by atoms with van der Waals surface area (Å²) in [5, 5.41) is 2.48. The molecule has 0 bridgehead atoms. The second kappa shape index (κ2) is 12.8. The van der Waals surface area contributed by atoms with Crippen LogP contribution >= 0.6 is 0 Å². The third-order valence-corrected chi connectivity index (χ3v) is 6.02. The molecule has 3 rings (SSSR count). The van der Waals surface area contributed by atoms with Gasteiger partial charge in [0.05, 0.1) is 45.0 Å². The minimum Gasteiger partial charge on any atom is -0.496 e. The summed E-state index contributed by atoms with van der Waals surface area (Å²) in [4.78, 5) is 27.2. The Bertz CT molecular complexity index is 905. The molecule has 1 aliphatic carbocycles. The monoisotopic (exact) mass is 531 g/mol. The van der Waals surface area contributed by atoms with Crippen LogP contribution in [0.15, 0.2) is 34.8 Å². The van der Waals surface area contributed by atoms with Crippen molar-refractivity contribution in [3.8, 4) is 0 Å². The number of carbonyl (C=O) groups is 2. The van der Waals surface area contributed by atoms with E-state index in [0.29, 0.717) is 36.0 Å². The number of hydrogen-bond donors (Lipinski definition) is 1. The van der Waals surface area contributed by atoms with Gasteiger partial charge in [0.15, 0.2) is 0 Å². The first-order valence-corrected chi connectivity index (χ1v) is 12.9. The van der Waals surface area contributed by atoms with Crippen LogP contribution in [0, 0.1) is 11.8 Å². The lowest BCUT2D eigenvalue weighted by Crippen LogP contribution is -2.60. The number of nitrogens with one attached hydrogen (secondary N) is 1. The van der Waals surface area contributed by atoms with E-state index in [-0.39, 0.29) is 0 Å². The summed E-state index contributed by atoms with van der Waals surface area (Å²) in [6, 6.07) is 0. The third kappa shape index (κ3) is 10.0. The number of halogens is 4. The largest absolute Gasteiger partial charge is 0.496 e. The summed E-state index contributed by atoms with van der Waals surface area (Å²) in [7, 11) is 0. The molecule has 0 unspecified atom stereocenters. The normalized spacial score (nSPS) is 21.3. The Labute approximate surface area is 217 Å². The first-order chi connectivity index (χ1) is 17.1. The average molecular weight is 532 g/mol. The van der Waals surface area contributed by atoms with Crippen LogP contribution in [0.4, 0.5) is 17.6 Å². The molecular weight excluding hydrogens is 490 g/mol. The number of allylic oxidation sites excluding steroid dienone is 3.